The first-order chi connectivity index (χ1) is 5.20. The SMILES string of the molecule is CCCC1(C)C(CC)C1CC. The van der Waals surface area contributed by atoms with Crippen LogP contribution in [-0.4, -0.2) is 0 Å². The van der Waals surface area contributed by atoms with E-state index in [0.717, 1.165) is 17.3 Å². The Balaban J connectivity index is 2.46. The minimum atomic E-state index is 0.734. The Morgan fingerprint density at radius 1 is 1.00 bits per heavy atom. The van der Waals surface area contributed by atoms with Crippen LogP contribution in [-0.2, 0) is 0 Å². The van der Waals surface area contributed by atoms with Gasteiger partial charge in [-0.05, 0) is 23.7 Å². The van der Waals surface area contributed by atoms with Crippen LogP contribution in [0.1, 0.15) is 53.4 Å². The van der Waals surface area contributed by atoms with Gasteiger partial charge in [0, 0.05) is 0 Å². The molecule has 0 heterocycles. The maximum Gasteiger partial charge on any atom is -0.0264 e. The van der Waals surface area contributed by atoms with Crippen molar-refractivity contribution in [2.24, 2.45) is 17.3 Å². The van der Waals surface area contributed by atoms with Gasteiger partial charge >= 0.3 is 0 Å². The molecule has 0 nitrogen and oxygen atoms in total. The molecule has 1 aliphatic rings. The Kier molecular flexibility index (Phi) is 2.61. The highest BCUT2D eigenvalue weighted by Gasteiger charge is 2.57. The van der Waals surface area contributed by atoms with Crippen molar-refractivity contribution in [2.45, 2.75) is 53.4 Å². The first-order valence-corrected chi connectivity index (χ1v) is 5.20. The Morgan fingerprint density at radius 3 is 1.73 bits per heavy atom. The molecule has 1 rings (SSSR count). The third-order valence-electron chi connectivity index (χ3n) is 3.74. The summed E-state index contributed by atoms with van der Waals surface area (Å²) in [6.07, 6.45) is 5.61. The van der Waals surface area contributed by atoms with Crippen LogP contribution in [0.4, 0.5) is 0 Å². The van der Waals surface area contributed by atoms with Crippen molar-refractivity contribution < 1.29 is 0 Å². The van der Waals surface area contributed by atoms with Gasteiger partial charge in [-0.25, -0.2) is 0 Å². The highest BCUT2D eigenvalue weighted by Crippen LogP contribution is 2.64. The summed E-state index contributed by atoms with van der Waals surface area (Å²) in [7, 11) is 0. The van der Waals surface area contributed by atoms with Crippen molar-refractivity contribution >= 4 is 0 Å². The maximum atomic E-state index is 2.48. The lowest BCUT2D eigenvalue weighted by Gasteiger charge is -2.08. The average molecular weight is 154 g/mol. The highest BCUT2D eigenvalue weighted by atomic mass is 14.6. The van der Waals surface area contributed by atoms with E-state index >= 15 is 0 Å². The molecule has 0 aromatic heterocycles. The Hall–Kier alpha value is 0. The molecule has 2 atom stereocenters. The second-order valence-electron chi connectivity index (χ2n) is 4.29. The second kappa shape index (κ2) is 3.16. The van der Waals surface area contributed by atoms with Crippen LogP contribution < -0.4 is 0 Å². The monoisotopic (exact) mass is 154 g/mol. The van der Waals surface area contributed by atoms with Gasteiger partial charge in [0.05, 0.1) is 0 Å². The Morgan fingerprint density at radius 2 is 1.45 bits per heavy atom. The number of hydrogen-bond donors (Lipinski definition) is 0. The molecule has 0 spiro atoms. The molecule has 0 saturated heterocycles. The fourth-order valence-electron chi connectivity index (χ4n) is 3.18. The normalized spacial score (nSPS) is 42.5. The third kappa shape index (κ3) is 1.32. The van der Waals surface area contributed by atoms with Crippen LogP contribution in [0.3, 0.4) is 0 Å². The molecule has 0 aromatic rings. The highest BCUT2D eigenvalue weighted by molar-refractivity contribution is 5.05. The van der Waals surface area contributed by atoms with Gasteiger partial charge in [0.1, 0.15) is 0 Å². The fourth-order valence-corrected chi connectivity index (χ4v) is 3.18. The van der Waals surface area contributed by atoms with Crippen LogP contribution in [0.15, 0.2) is 0 Å². The van der Waals surface area contributed by atoms with Crippen molar-refractivity contribution in [3.05, 3.63) is 0 Å². The molecule has 0 amide bonds. The lowest BCUT2D eigenvalue weighted by molar-refractivity contribution is 0.425. The van der Waals surface area contributed by atoms with Crippen LogP contribution in [0.5, 0.6) is 0 Å². The molecular formula is C11H22. The molecule has 0 N–H and O–H groups in total. The summed E-state index contributed by atoms with van der Waals surface area (Å²) in [4.78, 5) is 0. The topological polar surface area (TPSA) is 0 Å². The Labute approximate surface area is 71.4 Å². The van der Waals surface area contributed by atoms with Crippen molar-refractivity contribution in [1.82, 2.24) is 0 Å². The summed E-state index contributed by atoms with van der Waals surface area (Å²) in [6.45, 7) is 9.48. The zero-order valence-corrected chi connectivity index (χ0v) is 8.48. The molecule has 0 heteroatoms. The van der Waals surface area contributed by atoms with E-state index in [0.29, 0.717) is 0 Å². The lowest BCUT2D eigenvalue weighted by Crippen LogP contribution is -1.98. The standard InChI is InChI=1S/C11H22/c1-5-8-11(4)9(6-2)10(11)7-3/h9-10H,5-8H2,1-4H3. The predicted octanol–water partition coefficient (Wildman–Crippen LogP) is 3.86. The van der Waals surface area contributed by atoms with Gasteiger partial charge in [0.25, 0.3) is 0 Å². The minimum Gasteiger partial charge on any atom is -0.0654 e. The molecule has 11 heavy (non-hydrogen) atoms. The van der Waals surface area contributed by atoms with E-state index in [4.69, 9.17) is 0 Å². The van der Waals surface area contributed by atoms with E-state index in [1.165, 1.54) is 25.7 Å². The average Bonchev–Trinajstić information content (AvgIpc) is 2.55. The lowest BCUT2D eigenvalue weighted by atomic mass is 9.97. The molecule has 0 bridgehead atoms. The Bertz CT molecular complexity index is 116. The molecule has 0 radical (unpaired) electrons. The van der Waals surface area contributed by atoms with Crippen molar-refractivity contribution in [1.29, 1.82) is 0 Å². The minimum absolute atomic E-state index is 0.734. The smallest absolute Gasteiger partial charge is 0.0264 e. The van der Waals surface area contributed by atoms with Gasteiger partial charge in [-0.2, -0.15) is 0 Å². The van der Waals surface area contributed by atoms with E-state index < -0.39 is 0 Å². The maximum absolute atomic E-state index is 2.48. The van der Waals surface area contributed by atoms with Gasteiger partial charge in [-0.1, -0.05) is 47.0 Å². The molecule has 1 fully saturated rings. The largest absolute Gasteiger partial charge is 0.0654 e. The van der Waals surface area contributed by atoms with E-state index in [2.05, 4.69) is 27.7 Å². The van der Waals surface area contributed by atoms with E-state index in [9.17, 15) is 0 Å². The van der Waals surface area contributed by atoms with Crippen molar-refractivity contribution in [2.75, 3.05) is 0 Å². The zero-order chi connectivity index (χ0) is 8.48. The number of rotatable bonds is 4. The van der Waals surface area contributed by atoms with Crippen LogP contribution in [0.25, 0.3) is 0 Å². The van der Waals surface area contributed by atoms with Crippen molar-refractivity contribution in [3.63, 3.8) is 0 Å². The molecular weight excluding hydrogens is 132 g/mol. The predicted molar refractivity (Wildman–Crippen MR) is 50.6 cm³/mol. The third-order valence-corrected chi connectivity index (χ3v) is 3.74. The number of hydrogen-bond acceptors (Lipinski definition) is 0. The summed E-state index contributed by atoms with van der Waals surface area (Å²) in [6, 6.07) is 0. The van der Waals surface area contributed by atoms with Crippen molar-refractivity contribution in [3.8, 4) is 0 Å². The summed E-state index contributed by atoms with van der Waals surface area (Å²) >= 11 is 0. The first-order valence-electron chi connectivity index (χ1n) is 5.20. The van der Waals surface area contributed by atoms with E-state index in [1.807, 2.05) is 0 Å². The van der Waals surface area contributed by atoms with Crippen LogP contribution in [0, 0.1) is 17.3 Å². The van der Waals surface area contributed by atoms with Gasteiger partial charge in [-0.3, -0.25) is 0 Å². The fraction of sp³-hybridized carbons (Fsp3) is 1.00. The molecule has 0 aliphatic heterocycles. The van der Waals surface area contributed by atoms with Crippen LogP contribution >= 0.6 is 0 Å². The summed E-state index contributed by atoms with van der Waals surface area (Å²) in [5.41, 5.74) is 0.734. The molecule has 66 valence electrons. The molecule has 1 saturated carbocycles. The van der Waals surface area contributed by atoms with Gasteiger partial charge in [0.15, 0.2) is 0 Å². The van der Waals surface area contributed by atoms with E-state index in [-0.39, 0.29) is 0 Å². The molecule has 0 aromatic carbocycles. The molecule has 1 aliphatic carbocycles. The summed E-state index contributed by atoms with van der Waals surface area (Å²) < 4.78 is 0. The quantitative estimate of drug-likeness (QED) is 0.577. The summed E-state index contributed by atoms with van der Waals surface area (Å²) in [5.74, 6) is 2.10. The van der Waals surface area contributed by atoms with Gasteiger partial charge < -0.3 is 0 Å². The van der Waals surface area contributed by atoms with Crippen LogP contribution in [0.2, 0.25) is 0 Å². The molecule has 2 unspecified atom stereocenters. The first kappa shape index (κ1) is 9.09. The van der Waals surface area contributed by atoms with Gasteiger partial charge in [0.2, 0.25) is 0 Å². The second-order valence-corrected chi connectivity index (χ2v) is 4.29. The zero-order valence-electron chi connectivity index (χ0n) is 8.48. The van der Waals surface area contributed by atoms with E-state index in [1.54, 1.807) is 0 Å². The van der Waals surface area contributed by atoms with Gasteiger partial charge in [-0.15, -0.1) is 0 Å². The summed E-state index contributed by atoms with van der Waals surface area (Å²) in [5, 5.41) is 0.